The van der Waals surface area contributed by atoms with Gasteiger partial charge in [-0.2, -0.15) is 11.8 Å². The van der Waals surface area contributed by atoms with Gasteiger partial charge < -0.3 is 20.1 Å². The Morgan fingerprint density at radius 1 is 1.48 bits per heavy atom. The van der Waals surface area contributed by atoms with Gasteiger partial charge in [0.2, 0.25) is 5.91 Å². The topological polar surface area (TPSA) is 59.6 Å². The number of nitrogens with one attached hydrogen (secondary N) is 2. The van der Waals surface area contributed by atoms with Gasteiger partial charge in [-0.15, -0.1) is 0 Å². The van der Waals surface area contributed by atoms with Crippen LogP contribution in [0, 0.1) is 0 Å². The van der Waals surface area contributed by atoms with Crippen LogP contribution in [0.5, 0.6) is 11.5 Å². The van der Waals surface area contributed by atoms with Crippen molar-refractivity contribution in [2.75, 3.05) is 37.1 Å². The van der Waals surface area contributed by atoms with E-state index in [4.69, 9.17) is 9.47 Å². The minimum atomic E-state index is 0.0150. The molecule has 5 nitrogen and oxygen atoms in total. The van der Waals surface area contributed by atoms with Gasteiger partial charge in [0.05, 0.1) is 13.7 Å². The van der Waals surface area contributed by atoms with Crippen molar-refractivity contribution < 1.29 is 14.3 Å². The lowest BCUT2D eigenvalue weighted by Crippen LogP contribution is -2.39. The fourth-order valence-electron chi connectivity index (χ4n) is 2.21. The van der Waals surface area contributed by atoms with Crippen molar-refractivity contribution in [2.24, 2.45) is 0 Å². The maximum atomic E-state index is 12.1. The second kappa shape index (κ2) is 8.14. The molecular weight excluding hydrogens is 288 g/mol. The Morgan fingerprint density at radius 2 is 2.33 bits per heavy atom. The number of amides is 1. The molecule has 2 rings (SSSR count). The molecule has 2 N–H and O–H groups in total. The van der Waals surface area contributed by atoms with Crippen LogP contribution >= 0.6 is 11.8 Å². The molecule has 0 saturated carbocycles. The van der Waals surface area contributed by atoms with Crippen molar-refractivity contribution in [1.29, 1.82) is 0 Å². The van der Waals surface area contributed by atoms with Crippen molar-refractivity contribution in [1.82, 2.24) is 5.32 Å². The Labute approximate surface area is 129 Å². The largest absolute Gasteiger partial charge is 0.493 e. The molecule has 1 unspecified atom stereocenters. The van der Waals surface area contributed by atoms with E-state index >= 15 is 0 Å². The molecule has 0 radical (unpaired) electrons. The monoisotopic (exact) mass is 310 g/mol. The number of carbonyl (C=O) groups is 1. The van der Waals surface area contributed by atoms with Crippen molar-refractivity contribution in [3.63, 3.8) is 0 Å². The Hall–Kier alpha value is -1.40. The van der Waals surface area contributed by atoms with E-state index in [1.807, 2.05) is 30.8 Å². The van der Waals surface area contributed by atoms with E-state index in [2.05, 4.69) is 10.6 Å². The summed E-state index contributed by atoms with van der Waals surface area (Å²) < 4.78 is 10.7. The molecule has 6 heteroatoms. The van der Waals surface area contributed by atoms with Crippen LogP contribution in [-0.2, 0) is 4.79 Å². The molecule has 1 amide bonds. The number of hydrogen-bond acceptors (Lipinski definition) is 5. The number of benzene rings is 1. The van der Waals surface area contributed by atoms with Crippen molar-refractivity contribution in [2.45, 2.75) is 19.4 Å². The average Bonchev–Trinajstić information content (AvgIpc) is 2.50. The zero-order valence-electron chi connectivity index (χ0n) is 12.5. The van der Waals surface area contributed by atoms with Crippen LogP contribution in [0.3, 0.4) is 0 Å². The summed E-state index contributed by atoms with van der Waals surface area (Å²) in [7, 11) is 1.59. The molecule has 0 spiro atoms. The van der Waals surface area contributed by atoms with Crippen LogP contribution in [0.4, 0.5) is 5.69 Å². The first-order valence-electron chi connectivity index (χ1n) is 7.14. The number of carbonyl (C=O) groups excluding carboxylic acids is 1. The van der Waals surface area contributed by atoms with Gasteiger partial charge in [0, 0.05) is 42.3 Å². The van der Waals surface area contributed by atoms with E-state index in [9.17, 15) is 4.79 Å². The standard InChI is InChI=1S/C15H22N2O3S/c1-3-20-13-5-4-11(8-14(13)19-2)17-15(18)9-12-10-21-7-6-16-12/h4-5,8,12,16H,3,6-7,9-10H2,1-2H3,(H,17,18). The summed E-state index contributed by atoms with van der Waals surface area (Å²) in [5, 5.41) is 6.27. The predicted molar refractivity (Wildman–Crippen MR) is 86.5 cm³/mol. The smallest absolute Gasteiger partial charge is 0.225 e. The predicted octanol–water partition coefficient (Wildman–Crippen LogP) is 2.13. The zero-order chi connectivity index (χ0) is 15.1. The number of rotatable bonds is 6. The molecule has 1 fully saturated rings. The van der Waals surface area contributed by atoms with E-state index in [1.54, 1.807) is 13.2 Å². The SMILES string of the molecule is CCOc1ccc(NC(=O)CC2CSCCN2)cc1OC. The third-order valence-corrected chi connectivity index (χ3v) is 4.31. The first-order valence-corrected chi connectivity index (χ1v) is 8.30. The lowest BCUT2D eigenvalue weighted by molar-refractivity contribution is -0.116. The lowest BCUT2D eigenvalue weighted by Gasteiger charge is -2.22. The Morgan fingerprint density at radius 3 is 3.00 bits per heavy atom. The molecule has 1 heterocycles. The zero-order valence-corrected chi connectivity index (χ0v) is 13.3. The summed E-state index contributed by atoms with van der Waals surface area (Å²) >= 11 is 1.89. The van der Waals surface area contributed by atoms with Crippen LogP contribution in [0.25, 0.3) is 0 Å². The highest BCUT2D eigenvalue weighted by Gasteiger charge is 2.17. The molecule has 1 aliphatic heterocycles. The molecule has 1 aromatic carbocycles. The molecule has 1 saturated heterocycles. The molecule has 0 bridgehead atoms. The molecule has 0 aliphatic carbocycles. The van der Waals surface area contributed by atoms with Crippen LogP contribution in [0.2, 0.25) is 0 Å². The van der Waals surface area contributed by atoms with Gasteiger partial charge in [0.25, 0.3) is 0 Å². The fourth-order valence-corrected chi connectivity index (χ4v) is 3.16. The Balaban J connectivity index is 1.93. The second-order valence-corrected chi connectivity index (χ2v) is 5.93. The van der Waals surface area contributed by atoms with Crippen molar-refractivity contribution >= 4 is 23.4 Å². The highest BCUT2D eigenvalue weighted by atomic mass is 32.2. The molecule has 1 aliphatic rings. The van der Waals surface area contributed by atoms with Crippen LogP contribution in [0.15, 0.2) is 18.2 Å². The number of hydrogen-bond donors (Lipinski definition) is 2. The first-order chi connectivity index (χ1) is 10.2. The van der Waals surface area contributed by atoms with Gasteiger partial charge in [0.15, 0.2) is 11.5 Å². The van der Waals surface area contributed by atoms with Crippen LogP contribution in [-0.4, -0.2) is 43.7 Å². The minimum Gasteiger partial charge on any atom is -0.493 e. The van der Waals surface area contributed by atoms with E-state index in [-0.39, 0.29) is 11.9 Å². The summed E-state index contributed by atoms with van der Waals surface area (Å²) in [5.41, 5.74) is 0.726. The summed E-state index contributed by atoms with van der Waals surface area (Å²) in [5.74, 6) is 3.43. The molecular formula is C15H22N2O3S. The second-order valence-electron chi connectivity index (χ2n) is 4.78. The Kier molecular flexibility index (Phi) is 6.20. The van der Waals surface area contributed by atoms with Crippen LogP contribution in [0.1, 0.15) is 13.3 Å². The molecule has 116 valence electrons. The molecule has 21 heavy (non-hydrogen) atoms. The third kappa shape index (κ3) is 4.82. The van der Waals surface area contributed by atoms with Gasteiger partial charge in [-0.05, 0) is 19.1 Å². The van der Waals surface area contributed by atoms with Gasteiger partial charge in [-0.1, -0.05) is 0 Å². The van der Waals surface area contributed by atoms with Gasteiger partial charge in [0.1, 0.15) is 0 Å². The van der Waals surface area contributed by atoms with Gasteiger partial charge in [-0.3, -0.25) is 4.79 Å². The number of methoxy groups -OCH3 is 1. The summed E-state index contributed by atoms with van der Waals surface area (Å²) in [4.78, 5) is 12.1. The minimum absolute atomic E-state index is 0.0150. The summed E-state index contributed by atoms with van der Waals surface area (Å²) in [6.07, 6.45) is 0.489. The molecule has 1 aromatic rings. The van der Waals surface area contributed by atoms with E-state index < -0.39 is 0 Å². The highest BCUT2D eigenvalue weighted by Crippen LogP contribution is 2.30. The highest BCUT2D eigenvalue weighted by molar-refractivity contribution is 7.99. The molecule has 0 aromatic heterocycles. The van der Waals surface area contributed by atoms with Crippen molar-refractivity contribution in [3.8, 4) is 11.5 Å². The van der Waals surface area contributed by atoms with E-state index in [1.165, 1.54) is 0 Å². The lowest BCUT2D eigenvalue weighted by atomic mass is 10.2. The fraction of sp³-hybridized carbons (Fsp3) is 0.533. The quantitative estimate of drug-likeness (QED) is 0.843. The maximum absolute atomic E-state index is 12.1. The first kappa shape index (κ1) is 16.0. The van der Waals surface area contributed by atoms with E-state index in [0.29, 0.717) is 24.5 Å². The van der Waals surface area contributed by atoms with Crippen molar-refractivity contribution in [3.05, 3.63) is 18.2 Å². The summed E-state index contributed by atoms with van der Waals surface area (Å²) in [6.45, 7) is 3.47. The molecule has 1 atom stereocenters. The average molecular weight is 310 g/mol. The number of ether oxygens (including phenoxy) is 2. The van der Waals surface area contributed by atoms with Crippen LogP contribution < -0.4 is 20.1 Å². The van der Waals surface area contributed by atoms with Gasteiger partial charge >= 0.3 is 0 Å². The maximum Gasteiger partial charge on any atom is 0.225 e. The number of anilines is 1. The Bertz CT molecular complexity index is 476. The summed E-state index contributed by atoms with van der Waals surface area (Å²) in [6, 6.07) is 5.68. The van der Waals surface area contributed by atoms with Gasteiger partial charge in [-0.25, -0.2) is 0 Å². The number of thioether (sulfide) groups is 1. The van der Waals surface area contributed by atoms with E-state index in [0.717, 1.165) is 23.7 Å². The third-order valence-electron chi connectivity index (χ3n) is 3.18. The normalized spacial score (nSPS) is 18.1.